The van der Waals surface area contributed by atoms with Crippen molar-refractivity contribution in [3.05, 3.63) is 72.8 Å². The second-order valence-corrected chi connectivity index (χ2v) is 5.23. The molecule has 0 atom stereocenters. The number of hydrogen-bond donors (Lipinski definition) is 2. The molecular formula is C19H14N2O2. The smallest absolute Gasteiger partial charge is 0.138 e. The van der Waals surface area contributed by atoms with E-state index in [-0.39, 0.29) is 5.75 Å². The molecule has 2 N–H and O–H groups in total. The Morgan fingerprint density at radius 1 is 0.826 bits per heavy atom. The van der Waals surface area contributed by atoms with Crippen molar-refractivity contribution in [1.29, 1.82) is 0 Å². The molecule has 0 saturated carbocycles. The molecule has 0 spiro atoms. The number of nitrogens with one attached hydrogen (secondary N) is 1. The lowest BCUT2D eigenvalue weighted by Gasteiger charge is -2.04. The number of H-pyrrole nitrogens is 1. The van der Waals surface area contributed by atoms with Gasteiger partial charge in [0.15, 0.2) is 0 Å². The van der Waals surface area contributed by atoms with E-state index in [0.29, 0.717) is 0 Å². The molecule has 4 heteroatoms. The van der Waals surface area contributed by atoms with Gasteiger partial charge < -0.3 is 14.8 Å². The van der Waals surface area contributed by atoms with Gasteiger partial charge in [0.2, 0.25) is 0 Å². The van der Waals surface area contributed by atoms with Gasteiger partial charge in [-0.25, -0.2) is 4.98 Å². The number of ether oxygens (including phenoxy) is 1. The average molecular weight is 302 g/mol. The van der Waals surface area contributed by atoms with Crippen molar-refractivity contribution in [2.24, 2.45) is 0 Å². The van der Waals surface area contributed by atoms with E-state index in [1.807, 2.05) is 60.7 Å². The lowest BCUT2D eigenvalue weighted by atomic mass is 10.2. The molecule has 0 aliphatic carbocycles. The number of imidazole rings is 1. The molecule has 0 bridgehead atoms. The molecule has 112 valence electrons. The highest BCUT2D eigenvalue weighted by Crippen LogP contribution is 2.27. The first kappa shape index (κ1) is 13.4. The fraction of sp³-hybridized carbons (Fsp3) is 0. The van der Waals surface area contributed by atoms with E-state index in [2.05, 4.69) is 9.97 Å². The predicted octanol–water partition coefficient (Wildman–Crippen LogP) is 4.73. The molecule has 0 aliphatic heterocycles. The minimum atomic E-state index is 0.239. The summed E-state index contributed by atoms with van der Waals surface area (Å²) in [6.07, 6.45) is 0. The highest BCUT2D eigenvalue weighted by atomic mass is 16.5. The van der Waals surface area contributed by atoms with Gasteiger partial charge >= 0.3 is 0 Å². The van der Waals surface area contributed by atoms with Gasteiger partial charge in [-0.05, 0) is 48.5 Å². The third-order valence-corrected chi connectivity index (χ3v) is 3.57. The van der Waals surface area contributed by atoms with Gasteiger partial charge in [-0.1, -0.05) is 18.2 Å². The first-order valence-corrected chi connectivity index (χ1v) is 7.30. The van der Waals surface area contributed by atoms with Crippen LogP contribution in [-0.4, -0.2) is 15.1 Å². The van der Waals surface area contributed by atoms with Gasteiger partial charge in [0, 0.05) is 11.6 Å². The van der Waals surface area contributed by atoms with E-state index in [4.69, 9.17) is 4.74 Å². The topological polar surface area (TPSA) is 58.1 Å². The molecule has 23 heavy (non-hydrogen) atoms. The molecule has 0 fully saturated rings. The van der Waals surface area contributed by atoms with Gasteiger partial charge in [0.1, 0.15) is 23.1 Å². The number of nitrogens with zero attached hydrogens (tertiary/aromatic N) is 1. The summed E-state index contributed by atoms with van der Waals surface area (Å²) in [4.78, 5) is 7.85. The Kier molecular flexibility index (Phi) is 3.20. The second kappa shape index (κ2) is 5.50. The van der Waals surface area contributed by atoms with E-state index in [1.54, 1.807) is 12.1 Å². The Hall–Kier alpha value is -3.27. The molecule has 4 rings (SSSR count). The number of aromatic nitrogens is 2. The largest absolute Gasteiger partial charge is 0.508 e. The Labute approximate surface area is 133 Å². The minimum absolute atomic E-state index is 0.239. The van der Waals surface area contributed by atoms with E-state index in [1.165, 1.54) is 0 Å². The summed E-state index contributed by atoms with van der Waals surface area (Å²) in [5.74, 6) is 2.55. The van der Waals surface area contributed by atoms with Gasteiger partial charge in [0.25, 0.3) is 0 Å². The lowest BCUT2D eigenvalue weighted by Crippen LogP contribution is -1.83. The van der Waals surface area contributed by atoms with Crippen LogP contribution in [0.4, 0.5) is 0 Å². The van der Waals surface area contributed by atoms with Crippen molar-refractivity contribution in [3.8, 4) is 28.6 Å². The van der Waals surface area contributed by atoms with E-state index < -0.39 is 0 Å². The Bertz CT molecular complexity index is 944. The molecule has 0 amide bonds. The third-order valence-electron chi connectivity index (χ3n) is 3.57. The van der Waals surface area contributed by atoms with Crippen molar-refractivity contribution in [2.75, 3.05) is 0 Å². The standard InChI is InChI=1S/C19H14N2O2/c22-14-8-6-13(7-9-14)19-20-17-11-10-16(12-18(17)21-19)23-15-4-2-1-3-5-15/h1-12,22H,(H,20,21). The molecule has 0 aliphatic rings. The summed E-state index contributed by atoms with van der Waals surface area (Å²) in [6.45, 7) is 0. The van der Waals surface area contributed by atoms with Crippen LogP contribution in [0, 0.1) is 0 Å². The number of benzene rings is 3. The second-order valence-electron chi connectivity index (χ2n) is 5.23. The first-order valence-electron chi connectivity index (χ1n) is 7.30. The summed E-state index contributed by atoms with van der Waals surface area (Å²) >= 11 is 0. The molecule has 4 nitrogen and oxygen atoms in total. The Morgan fingerprint density at radius 2 is 1.61 bits per heavy atom. The minimum Gasteiger partial charge on any atom is -0.508 e. The molecule has 0 unspecified atom stereocenters. The van der Waals surface area contributed by atoms with Crippen LogP contribution in [0.25, 0.3) is 22.4 Å². The summed E-state index contributed by atoms with van der Waals surface area (Å²) in [6, 6.07) is 22.4. The number of phenolic OH excluding ortho intramolecular Hbond substituents is 1. The third kappa shape index (κ3) is 2.74. The van der Waals surface area contributed by atoms with Crippen molar-refractivity contribution >= 4 is 11.0 Å². The van der Waals surface area contributed by atoms with E-state index >= 15 is 0 Å². The van der Waals surface area contributed by atoms with Crippen LogP contribution in [0.15, 0.2) is 72.8 Å². The van der Waals surface area contributed by atoms with Crippen molar-refractivity contribution in [2.45, 2.75) is 0 Å². The summed E-state index contributed by atoms with van der Waals surface area (Å²) in [5, 5.41) is 9.37. The van der Waals surface area contributed by atoms with E-state index in [9.17, 15) is 5.11 Å². The Morgan fingerprint density at radius 3 is 2.39 bits per heavy atom. The number of aromatic hydroxyl groups is 1. The summed E-state index contributed by atoms with van der Waals surface area (Å²) < 4.78 is 5.84. The quantitative estimate of drug-likeness (QED) is 0.575. The SMILES string of the molecule is Oc1ccc(-c2nc3ccc(Oc4ccccc4)cc3[nH]2)cc1. The zero-order valence-corrected chi connectivity index (χ0v) is 12.2. The first-order chi connectivity index (χ1) is 11.3. The lowest BCUT2D eigenvalue weighted by molar-refractivity contribution is 0.475. The number of aromatic amines is 1. The van der Waals surface area contributed by atoms with Crippen LogP contribution < -0.4 is 4.74 Å². The molecule has 0 radical (unpaired) electrons. The molecule has 3 aromatic carbocycles. The zero-order chi connectivity index (χ0) is 15.6. The zero-order valence-electron chi connectivity index (χ0n) is 12.2. The van der Waals surface area contributed by atoms with Crippen molar-refractivity contribution < 1.29 is 9.84 Å². The van der Waals surface area contributed by atoms with Gasteiger partial charge in [-0.2, -0.15) is 0 Å². The number of rotatable bonds is 3. The maximum absolute atomic E-state index is 9.37. The fourth-order valence-electron chi connectivity index (χ4n) is 2.43. The van der Waals surface area contributed by atoms with Crippen LogP contribution in [0.3, 0.4) is 0 Å². The highest BCUT2D eigenvalue weighted by molar-refractivity contribution is 5.80. The van der Waals surface area contributed by atoms with Crippen LogP contribution in [0.5, 0.6) is 17.2 Å². The van der Waals surface area contributed by atoms with Crippen LogP contribution in [0.1, 0.15) is 0 Å². The monoisotopic (exact) mass is 302 g/mol. The molecule has 4 aromatic rings. The molecule has 1 aromatic heterocycles. The van der Waals surface area contributed by atoms with Crippen molar-refractivity contribution in [3.63, 3.8) is 0 Å². The van der Waals surface area contributed by atoms with Crippen LogP contribution in [-0.2, 0) is 0 Å². The Balaban J connectivity index is 1.68. The fourth-order valence-corrected chi connectivity index (χ4v) is 2.43. The normalized spacial score (nSPS) is 10.8. The summed E-state index contributed by atoms with van der Waals surface area (Å²) in [7, 11) is 0. The molecule has 0 saturated heterocycles. The molecular weight excluding hydrogens is 288 g/mol. The number of phenols is 1. The number of hydrogen-bond acceptors (Lipinski definition) is 3. The van der Waals surface area contributed by atoms with Gasteiger partial charge in [-0.3, -0.25) is 0 Å². The van der Waals surface area contributed by atoms with Crippen LogP contribution >= 0.6 is 0 Å². The highest BCUT2D eigenvalue weighted by Gasteiger charge is 2.07. The predicted molar refractivity (Wildman–Crippen MR) is 89.7 cm³/mol. The number of para-hydroxylation sites is 1. The summed E-state index contributed by atoms with van der Waals surface area (Å²) in [5.41, 5.74) is 2.69. The number of fused-ring (bicyclic) bond motifs is 1. The maximum atomic E-state index is 9.37. The van der Waals surface area contributed by atoms with Gasteiger partial charge in [-0.15, -0.1) is 0 Å². The molecule has 1 heterocycles. The maximum Gasteiger partial charge on any atom is 0.138 e. The van der Waals surface area contributed by atoms with E-state index in [0.717, 1.165) is 33.9 Å². The van der Waals surface area contributed by atoms with Gasteiger partial charge in [0.05, 0.1) is 11.0 Å². The van der Waals surface area contributed by atoms with Crippen molar-refractivity contribution in [1.82, 2.24) is 9.97 Å². The van der Waals surface area contributed by atoms with Crippen LogP contribution in [0.2, 0.25) is 0 Å². The average Bonchev–Trinajstić information content (AvgIpc) is 3.00.